The van der Waals surface area contributed by atoms with Crippen molar-refractivity contribution in [2.75, 3.05) is 26.4 Å². The molecule has 9 N–H and O–H groups in total. The summed E-state index contributed by atoms with van der Waals surface area (Å²) in [6, 6.07) is 0. The third-order valence-corrected chi connectivity index (χ3v) is 2.05. The minimum atomic E-state index is -1.21. The molecule has 16 heavy (non-hydrogen) atoms. The summed E-state index contributed by atoms with van der Waals surface area (Å²) < 4.78 is 4.83. The fraction of sp³-hybridized carbons (Fsp3) is 1.00. The quantitative estimate of drug-likeness (QED) is 0.294. The Morgan fingerprint density at radius 3 is 1.56 bits per heavy atom. The monoisotopic (exact) mass is 351 g/mol. The van der Waals surface area contributed by atoms with Gasteiger partial charge in [0.2, 0.25) is 0 Å². The first kappa shape index (κ1) is 25.4. The molecular formula is C8H24NO6Sb. The second-order valence-corrected chi connectivity index (χ2v) is 3.76. The van der Waals surface area contributed by atoms with Crippen LogP contribution in [0.5, 0.6) is 0 Å². The molecule has 0 aromatic rings. The van der Waals surface area contributed by atoms with Gasteiger partial charge < -0.3 is 32.0 Å². The van der Waals surface area contributed by atoms with Crippen molar-refractivity contribution in [2.24, 2.45) is 5.73 Å². The molecule has 102 valence electrons. The van der Waals surface area contributed by atoms with Crippen LogP contribution in [0.15, 0.2) is 0 Å². The van der Waals surface area contributed by atoms with Crippen LogP contribution >= 0.6 is 0 Å². The number of aliphatic hydroxyl groups excluding tert-OH is 3. The summed E-state index contributed by atoms with van der Waals surface area (Å²) in [5.41, 5.74) is 3.94. The van der Waals surface area contributed by atoms with Crippen molar-refractivity contribution < 1.29 is 29.3 Å². The van der Waals surface area contributed by atoms with Gasteiger partial charge in [-0.2, -0.15) is 0 Å². The normalized spacial score (nSPS) is 9.38. The van der Waals surface area contributed by atoms with E-state index in [0.29, 0.717) is 0 Å². The van der Waals surface area contributed by atoms with Crippen LogP contribution in [0.4, 0.5) is 0 Å². The van der Waals surface area contributed by atoms with Crippen LogP contribution in [0.25, 0.3) is 0 Å². The first-order valence-corrected chi connectivity index (χ1v) is 5.52. The maximum Gasteiger partial charge on any atom is 0.0856 e. The first-order chi connectivity index (χ1) is 6.60. The van der Waals surface area contributed by atoms with Gasteiger partial charge in [0, 0.05) is 0 Å². The third-order valence-electron chi connectivity index (χ3n) is 1.53. The Labute approximate surface area is 110 Å². The van der Waals surface area contributed by atoms with E-state index in [1.165, 1.54) is 36.3 Å². The Morgan fingerprint density at radius 1 is 1.12 bits per heavy atom. The van der Waals surface area contributed by atoms with Gasteiger partial charge in [-0.15, -0.1) is 0 Å². The number of hydrogen-bond acceptors (Lipinski definition) is 5. The molecule has 2 radical (unpaired) electrons. The molecule has 0 rings (SSSR count). The van der Waals surface area contributed by atoms with E-state index in [-0.39, 0.29) is 11.0 Å². The fourth-order valence-electron chi connectivity index (χ4n) is 0.359. The molecule has 0 aliphatic heterocycles. The second-order valence-electron chi connectivity index (χ2n) is 3.02. The predicted molar refractivity (Wildman–Crippen MR) is 62.0 cm³/mol. The SMILES string of the molecule is CCCC[O][Sb].NC(CO)(CO)CO.O.O. The van der Waals surface area contributed by atoms with E-state index in [1.54, 1.807) is 0 Å². The summed E-state index contributed by atoms with van der Waals surface area (Å²) in [5.74, 6) is 0. The zero-order chi connectivity index (χ0) is 11.4. The molecule has 0 spiro atoms. The van der Waals surface area contributed by atoms with Gasteiger partial charge in [-0.3, -0.25) is 0 Å². The molecule has 0 unspecified atom stereocenters. The van der Waals surface area contributed by atoms with Crippen molar-refractivity contribution >= 4 is 23.4 Å². The van der Waals surface area contributed by atoms with Crippen LogP contribution in [-0.4, -0.2) is 81.7 Å². The molecule has 0 atom stereocenters. The fourth-order valence-corrected chi connectivity index (χ4v) is 0.727. The Kier molecular flexibility index (Phi) is 28.4. The van der Waals surface area contributed by atoms with Gasteiger partial charge in [0.15, 0.2) is 0 Å². The third kappa shape index (κ3) is 16.9. The van der Waals surface area contributed by atoms with E-state index >= 15 is 0 Å². The molecule has 0 bridgehead atoms. The van der Waals surface area contributed by atoms with Crippen molar-refractivity contribution in [3.8, 4) is 0 Å². The summed E-state index contributed by atoms with van der Waals surface area (Å²) in [5, 5.41) is 25.0. The minimum Gasteiger partial charge on any atom is -0.412 e. The van der Waals surface area contributed by atoms with E-state index in [1.807, 2.05) is 0 Å². The van der Waals surface area contributed by atoms with Crippen LogP contribution in [0, 0.1) is 0 Å². The first-order valence-electron chi connectivity index (χ1n) is 4.48. The van der Waals surface area contributed by atoms with Gasteiger partial charge in [-0.05, 0) is 0 Å². The average molecular weight is 352 g/mol. The molecular weight excluding hydrogens is 328 g/mol. The van der Waals surface area contributed by atoms with Crippen LogP contribution in [0.1, 0.15) is 19.8 Å². The number of rotatable bonds is 6. The number of hydrogen-bond donors (Lipinski definition) is 4. The van der Waals surface area contributed by atoms with Gasteiger partial charge in [0.05, 0.1) is 25.4 Å². The smallest absolute Gasteiger partial charge is 0.0856 e. The van der Waals surface area contributed by atoms with E-state index in [9.17, 15) is 0 Å². The Morgan fingerprint density at radius 2 is 1.50 bits per heavy atom. The van der Waals surface area contributed by atoms with Crippen molar-refractivity contribution in [3.05, 3.63) is 0 Å². The van der Waals surface area contributed by atoms with Gasteiger partial charge in [0.25, 0.3) is 0 Å². The van der Waals surface area contributed by atoms with Gasteiger partial charge >= 0.3 is 52.8 Å². The molecule has 0 saturated carbocycles. The topological polar surface area (TPSA) is 159 Å². The molecule has 8 heteroatoms. The molecule has 0 aliphatic carbocycles. The van der Waals surface area contributed by atoms with Crippen molar-refractivity contribution in [1.82, 2.24) is 0 Å². The summed E-state index contributed by atoms with van der Waals surface area (Å²) in [7, 11) is 0. The number of aliphatic hydroxyl groups is 3. The predicted octanol–water partition coefficient (Wildman–Crippen LogP) is -3.10. The zero-order valence-electron chi connectivity index (χ0n) is 9.52. The molecule has 0 heterocycles. The Balaban J connectivity index is -0.0000000825. The van der Waals surface area contributed by atoms with E-state index < -0.39 is 25.4 Å². The average Bonchev–Trinajstić information content (AvgIpc) is 2.26. The van der Waals surface area contributed by atoms with E-state index in [0.717, 1.165) is 6.61 Å². The number of unbranched alkanes of at least 4 members (excludes halogenated alkanes) is 1. The van der Waals surface area contributed by atoms with Crippen LogP contribution in [0.2, 0.25) is 0 Å². The summed E-state index contributed by atoms with van der Waals surface area (Å²) in [6.07, 6.45) is 2.44. The maximum atomic E-state index is 8.34. The summed E-state index contributed by atoms with van der Waals surface area (Å²) in [4.78, 5) is 0. The van der Waals surface area contributed by atoms with Crippen molar-refractivity contribution in [1.29, 1.82) is 0 Å². The zero-order valence-corrected chi connectivity index (χ0v) is 12.1. The van der Waals surface area contributed by atoms with E-state index in [4.69, 9.17) is 24.1 Å². The van der Waals surface area contributed by atoms with Gasteiger partial charge in [0.1, 0.15) is 0 Å². The van der Waals surface area contributed by atoms with Gasteiger partial charge in [-0.25, -0.2) is 0 Å². The summed E-state index contributed by atoms with van der Waals surface area (Å²) in [6.45, 7) is 1.88. The second kappa shape index (κ2) is 17.9. The van der Waals surface area contributed by atoms with Crippen LogP contribution in [-0.2, 0) is 3.02 Å². The largest absolute Gasteiger partial charge is 0.412 e. The molecule has 0 aromatic heterocycles. The molecule has 0 saturated heterocycles. The van der Waals surface area contributed by atoms with Gasteiger partial charge in [-0.1, -0.05) is 0 Å². The Hall–Kier alpha value is 0.538. The maximum absolute atomic E-state index is 8.34. The molecule has 0 aromatic carbocycles. The van der Waals surface area contributed by atoms with Crippen LogP contribution < -0.4 is 5.73 Å². The summed E-state index contributed by atoms with van der Waals surface area (Å²) >= 11 is 1.43. The number of nitrogens with two attached hydrogens (primary N) is 1. The van der Waals surface area contributed by atoms with E-state index in [2.05, 4.69) is 6.92 Å². The van der Waals surface area contributed by atoms with Crippen LogP contribution in [0.3, 0.4) is 0 Å². The van der Waals surface area contributed by atoms with Crippen molar-refractivity contribution in [2.45, 2.75) is 25.3 Å². The molecule has 0 aliphatic rings. The molecule has 0 amide bonds. The van der Waals surface area contributed by atoms with Crippen molar-refractivity contribution in [3.63, 3.8) is 0 Å². The standard InChI is InChI=1S/C4H11NO3.C4H9O.2H2O.Sb/c5-4(1-6,2-7)3-8;1-2-3-4-5;;;/h6-8H,1-3,5H2;2-4H2,1H3;2*1H2;/q;-1;;;+1. The molecule has 0 fully saturated rings. The Bertz CT molecular complexity index is 102. The molecule has 7 nitrogen and oxygen atoms in total. The minimum absolute atomic E-state index is 0.